The van der Waals surface area contributed by atoms with Crippen LogP contribution in [0.1, 0.15) is 37.7 Å². The number of aromatic nitrogens is 1. The predicted octanol–water partition coefficient (Wildman–Crippen LogP) is 3.63. The van der Waals surface area contributed by atoms with E-state index in [4.69, 9.17) is 14.7 Å². The molecule has 1 aromatic heterocycles. The number of amides is 1. The molecule has 7 heteroatoms. The number of ketones is 1. The quantitative estimate of drug-likeness (QED) is 0.608. The van der Waals surface area contributed by atoms with Gasteiger partial charge in [-0.2, -0.15) is 5.26 Å². The molecule has 0 saturated carbocycles. The van der Waals surface area contributed by atoms with E-state index in [2.05, 4.69) is 5.43 Å². The molecule has 3 rings (SSSR count). The summed E-state index contributed by atoms with van der Waals surface area (Å²) >= 11 is 0. The standard InChI is InChI=1S/C23H21N3O4/c1-15-11-19(16(2)26(15)25-23(28)18-7-5-4-6-8-18)20(27)14-30-21-10-9-17(13-24)12-22(21)29-3/h4-12H,14H2,1-3H3,(H,25,28). The van der Waals surface area contributed by atoms with Crippen molar-refractivity contribution in [3.8, 4) is 17.6 Å². The highest BCUT2D eigenvalue weighted by molar-refractivity contribution is 6.01. The molecule has 1 heterocycles. The minimum atomic E-state index is -0.269. The van der Waals surface area contributed by atoms with Crippen LogP contribution in [0, 0.1) is 25.2 Å². The molecule has 3 aromatic rings. The van der Waals surface area contributed by atoms with Crippen molar-refractivity contribution in [1.82, 2.24) is 4.68 Å². The topological polar surface area (TPSA) is 93.3 Å². The average Bonchev–Trinajstić information content (AvgIpc) is 3.06. The zero-order chi connectivity index (χ0) is 21.7. The molecule has 0 atom stereocenters. The van der Waals surface area contributed by atoms with Crippen molar-refractivity contribution in [3.05, 3.63) is 82.7 Å². The highest BCUT2D eigenvalue weighted by Gasteiger charge is 2.19. The number of hydrogen-bond donors (Lipinski definition) is 1. The van der Waals surface area contributed by atoms with Crippen LogP contribution in [0.4, 0.5) is 0 Å². The fraction of sp³-hybridized carbons (Fsp3) is 0.174. The molecule has 1 amide bonds. The van der Waals surface area contributed by atoms with Gasteiger partial charge in [-0.3, -0.25) is 19.7 Å². The van der Waals surface area contributed by atoms with Crippen molar-refractivity contribution < 1.29 is 19.1 Å². The van der Waals surface area contributed by atoms with Crippen LogP contribution in [-0.2, 0) is 0 Å². The maximum atomic E-state index is 12.7. The number of aryl methyl sites for hydroxylation is 1. The van der Waals surface area contributed by atoms with Crippen LogP contribution < -0.4 is 14.9 Å². The van der Waals surface area contributed by atoms with Crippen LogP contribution in [0.2, 0.25) is 0 Å². The Balaban J connectivity index is 1.74. The fourth-order valence-electron chi connectivity index (χ4n) is 3.05. The summed E-state index contributed by atoms with van der Waals surface area (Å²) in [4.78, 5) is 25.2. The number of methoxy groups -OCH3 is 1. The van der Waals surface area contributed by atoms with Gasteiger partial charge in [-0.25, -0.2) is 0 Å². The predicted molar refractivity (Wildman–Crippen MR) is 112 cm³/mol. The van der Waals surface area contributed by atoms with Gasteiger partial charge >= 0.3 is 0 Å². The zero-order valence-electron chi connectivity index (χ0n) is 16.9. The Kier molecular flexibility index (Phi) is 6.18. The summed E-state index contributed by atoms with van der Waals surface area (Å²) in [6.07, 6.45) is 0. The SMILES string of the molecule is COc1cc(C#N)ccc1OCC(=O)c1cc(C)n(NC(=O)c2ccccc2)c1C. The van der Waals surface area contributed by atoms with Crippen LogP contribution in [0.15, 0.2) is 54.6 Å². The lowest BCUT2D eigenvalue weighted by molar-refractivity contribution is 0.0917. The van der Waals surface area contributed by atoms with Crippen LogP contribution in [-0.4, -0.2) is 30.1 Å². The first kappa shape index (κ1) is 20.7. The number of Topliss-reactive ketones (excluding diaryl/α,β-unsaturated/α-hetero) is 1. The maximum Gasteiger partial charge on any atom is 0.270 e. The lowest BCUT2D eigenvalue weighted by Gasteiger charge is -2.12. The van der Waals surface area contributed by atoms with Crippen LogP contribution in [0.25, 0.3) is 0 Å². The summed E-state index contributed by atoms with van der Waals surface area (Å²) in [7, 11) is 1.47. The van der Waals surface area contributed by atoms with Gasteiger partial charge in [-0.1, -0.05) is 18.2 Å². The average molecular weight is 403 g/mol. The van der Waals surface area contributed by atoms with Gasteiger partial charge < -0.3 is 9.47 Å². The molecule has 0 fully saturated rings. The second kappa shape index (κ2) is 8.97. The third-order valence-corrected chi connectivity index (χ3v) is 4.63. The number of hydrogen-bond acceptors (Lipinski definition) is 5. The third kappa shape index (κ3) is 4.33. The Morgan fingerprint density at radius 1 is 1.07 bits per heavy atom. The highest BCUT2D eigenvalue weighted by Crippen LogP contribution is 2.28. The molecular weight excluding hydrogens is 382 g/mol. The molecule has 0 spiro atoms. The van der Waals surface area contributed by atoms with E-state index in [1.165, 1.54) is 7.11 Å². The number of carbonyl (C=O) groups excluding carboxylic acids is 2. The molecule has 7 nitrogen and oxygen atoms in total. The van der Waals surface area contributed by atoms with E-state index in [-0.39, 0.29) is 18.3 Å². The van der Waals surface area contributed by atoms with E-state index >= 15 is 0 Å². The molecule has 152 valence electrons. The Morgan fingerprint density at radius 2 is 1.80 bits per heavy atom. The Morgan fingerprint density at radius 3 is 2.47 bits per heavy atom. The third-order valence-electron chi connectivity index (χ3n) is 4.63. The van der Waals surface area contributed by atoms with E-state index in [0.717, 1.165) is 5.69 Å². The molecule has 30 heavy (non-hydrogen) atoms. The van der Waals surface area contributed by atoms with E-state index < -0.39 is 0 Å². The summed E-state index contributed by atoms with van der Waals surface area (Å²) in [5.41, 5.74) is 5.54. The lowest BCUT2D eigenvalue weighted by atomic mass is 10.1. The minimum absolute atomic E-state index is 0.209. The molecule has 0 saturated heterocycles. The second-order valence-corrected chi connectivity index (χ2v) is 6.62. The molecule has 0 aliphatic rings. The minimum Gasteiger partial charge on any atom is -0.493 e. The molecule has 2 aromatic carbocycles. The van der Waals surface area contributed by atoms with Gasteiger partial charge in [-0.15, -0.1) is 0 Å². The second-order valence-electron chi connectivity index (χ2n) is 6.62. The number of nitrogens with zero attached hydrogens (tertiary/aromatic N) is 2. The van der Waals surface area contributed by atoms with Gasteiger partial charge in [0.15, 0.2) is 18.1 Å². The molecule has 0 aliphatic heterocycles. The maximum absolute atomic E-state index is 12.7. The largest absolute Gasteiger partial charge is 0.493 e. The van der Waals surface area contributed by atoms with Crippen molar-refractivity contribution >= 4 is 11.7 Å². The summed E-state index contributed by atoms with van der Waals surface area (Å²) in [6, 6.07) is 17.3. The van der Waals surface area contributed by atoms with Crippen molar-refractivity contribution in [3.63, 3.8) is 0 Å². The van der Waals surface area contributed by atoms with Crippen LogP contribution in [0.3, 0.4) is 0 Å². The monoisotopic (exact) mass is 403 g/mol. The highest BCUT2D eigenvalue weighted by atomic mass is 16.5. The van der Waals surface area contributed by atoms with Crippen molar-refractivity contribution in [1.29, 1.82) is 5.26 Å². The van der Waals surface area contributed by atoms with E-state index in [9.17, 15) is 9.59 Å². The van der Waals surface area contributed by atoms with Crippen LogP contribution in [0.5, 0.6) is 11.5 Å². The normalized spacial score (nSPS) is 10.2. The summed E-state index contributed by atoms with van der Waals surface area (Å²) in [5.74, 6) is 0.239. The summed E-state index contributed by atoms with van der Waals surface area (Å²) < 4.78 is 12.4. The number of ether oxygens (including phenoxy) is 2. The molecular formula is C23H21N3O4. The van der Waals surface area contributed by atoms with Gasteiger partial charge in [0.2, 0.25) is 5.78 Å². The number of carbonyl (C=O) groups is 2. The van der Waals surface area contributed by atoms with Crippen molar-refractivity contribution in [2.24, 2.45) is 0 Å². The first-order valence-electron chi connectivity index (χ1n) is 9.24. The zero-order valence-corrected chi connectivity index (χ0v) is 16.9. The first-order chi connectivity index (χ1) is 14.4. The lowest BCUT2D eigenvalue weighted by Crippen LogP contribution is -2.25. The van der Waals surface area contributed by atoms with Gasteiger partial charge in [0.05, 0.1) is 18.7 Å². The smallest absolute Gasteiger partial charge is 0.270 e. The summed E-state index contributed by atoms with van der Waals surface area (Å²) in [6.45, 7) is 3.35. The summed E-state index contributed by atoms with van der Waals surface area (Å²) in [5, 5.41) is 8.98. The van der Waals surface area contributed by atoms with Gasteiger partial charge in [0.25, 0.3) is 5.91 Å². The van der Waals surface area contributed by atoms with Crippen molar-refractivity contribution in [2.75, 3.05) is 19.1 Å². The van der Waals surface area contributed by atoms with E-state index in [0.29, 0.717) is 33.9 Å². The number of rotatable bonds is 7. The molecule has 0 aliphatic carbocycles. The Hall–Kier alpha value is -4.05. The van der Waals surface area contributed by atoms with Crippen molar-refractivity contribution in [2.45, 2.75) is 13.8 Å². The van der Waals surface area contributed by atoms with Crippen LogP contribution >= 0.6 is 0 Å². The number of nitrogens with one attached hydrogen (secondary N) is 1. The molecule has 0 radical (unpaired) electrons. The van der Waals surface area contributed by atoms with Gasteiger partial charge in [0.1, 0.15) is 0 Å². The first-order valence-corrected chi connectivity index (χ1v) is 9.24. The van der Waals surface area contributed by atoms with Gasteiger partial charge in [-0.05, 0) is 44.2 Å². The number of nitriles is 1. The Labute approximate surface area is 174 Å². The Bertz CT molecular complexity index is 1130. The van der Waals surface area contributed by atoms with Gasteiger partial charge in [0, 0.05) is 28.6 Å². The number of benzene rings is 2. The van der Waals surface area contributed by atoms with E-state index in [1.54, 1.807) is 67.1 Å². The van der Waals surface area contributed by atoms with E-state index in [1.807, 2.05) is 12.1 Å². The molecule has 0 bridgehead atoms. The molecule has 1 N–H and O–H groups in total. The fourth-order valence-corrected chi connectivity index (χ4v) is 3.05. The molecule has 0 unspecified atom stereocenters.